The highest BCUT2D eigenvalue weighted by molar-refractivity contribution is 5.80. The third-order valence-corrected chi connectivity index (χ3v) is 3.06. The Kier molecular flexibility index (Phi) is 4.59. The molecule has 0 aromatic heterocycles. The largest absolute Gasteiger partial charge is 0.481 e. The van der Waals surface area contributed by atoms with Crippen LogP contribution in [-0.4, -0.2) is 23.0 Å². The minimum atomic E-state index is -0.918. The smallest absolute Gasteiger partial charge is 0.303 e. The van der Waals surface area contributed by atoms with Gasteiger partial charge in [0.25, 0.3) is 0 Å². The quantitative estimate of drug-likeness (QED) is 0.728. The second-order valence-electron chi connectivity index (χ2n) is 4.29. The normalized spacial score (nSPS) is 18.7. The molecule has 1 saturated carbocycles. The minimum absolute atomic E-state index is 0.0801. The fourth-order valence-electron chi connectivity index (χ4n) is 2.12. The lowest BCUT2D eigenvalue weighted by Crippen LogP contribution is -2.37. The van der Waals surface area contributed by atoms with E-state index >= 15 is 0 Å². The van der Waals surface area contributed by atoms with Crippen molar-refractivity contribution < 1.29 is 14.7 Å². The Bertz CT molecular complexity index is 234. The fraction of sp³-hybridized carbons (Fsp3) is 0.818. The van der Waals surface area contributed by atoms with E-state index in [1.807, 2.05) is 6.92 Å². The number of nitrogens with one attached hydrogen (secondary N) is 1. The predicted molar refractivity (Wildman–Crippen MR) is 56.4 cm³/mol. The molecule has 0 radical (unpaired) electrons. The van der Waals surface area contributed by atoms with Crippen molar-refractivity contribution in [2.45, 2.75) is 51.5 Å². The molecule has 1 fully saturated rings. The van der Waals surface area contributed by atoms with Crippen LogP contribution in [0.15, 0.2) is 0 Å². The maximum atomic E-state index is 11.3. The van der Waals surface area contributed by atoms with E-state index in [9.17, 15) is 9.59 Å². The Balaban J connectivity index is 2.21. The highest BCUT2D eigenvalue weighted by Crippen LogP contribution is 2.27. The number of carboxylic acids is 1. The topological polar surface area (TPSA) is 66.4 Å². The number of carbonyl (C=O) groups is 2. The average molecular weight is 213 g/mol. The van der Waals surface area contributed by atoms with Crippen molar-refractivity contribution in [3.8, 4) is 0 Å². The summed E-state index contributed by atoms with van der Waals surface area (Å²) in [5.41, 5.74) is 0. The van der Waals surface area contributed by atoms with Gasteiger partial charge in [0.1, 0.15) is 0 Å². The zero-order valence-electron chi connectivity index (χ0n) is 9.16. The monoisotopic (exact) mass is 213 g/mol. The molecular weight excluding hydrogens is 194 g/mol. The van der Waals surface area contributed by atoms with Crippen molar-refractivity contribution in [1.29, 1.82) is 0 Å². The van der Waals surface area contributed by atoms with E-state index in [0.29, 0.717) is 5.92 Å². The number of rotatable bonds is 5. The molecule has 0 saturated heterocycles. The zero-order valence-corrected chi connectivity index (χ0v) is 9.16. The van der Waals surface area contributed by atoms with Crippen LogP contribution in [0.5, 0.6) is 0 Å². The van der Waals surface area contributed by atoms with Gasteiger partial charge in [0, 0.05) is 12.5 Å². The van der Waals surface area contributed by atoms with Crippen molar-refractivity contribution >= 4 is 11.9 Å². The van der Waals surface area contributed by atoms with Gasteiger partial charge in [-0.1, -0.05) is 12.8 Å². The Labute approximate surface area is 90.0 Å². The van der Waals surface area contributed by atoms with Crippen LogP contribution in [0.3, 0.4) is 0 Å². The van der Waals surface area contributed by atoms with Crippen LogP contribution in [0, 0.1) is 5.92 Å². The molecule has 4 nitrogen and oxygen atoms in total. The van der Waals surface area contributed by atoms with E-state index in [4.69, 9.17) is 5.11 Å². The number of carbonyl (C=O) groups excluding carboxylic acids is 1. The lowest BCUT2D eigenvalue weighted by atomic mass is 10.00. The van der Waals surface area contributed by atoms with Crippen molar-refractivity contribution in [2.24, 2.45) is 5.92 Å². The first kappa shape index (κ1) is 12.0. The third-order valence-electron chi connectivity index (χ3n) is 3.06. The van der Waals surface area contributed by atoms with Gasteiger partial charge in [0.05, 0.1) is 6.42 Å². The molecule has 0 aromatic carbocycles. The van der Waals surface area contributed by atoms with Crippen LogP contribution in [0.2, 0.25) is 0 Å². The number of hydrogen-bond donors (Lipinski definition) is 2. The van der Waals surface area contributed by atoms with Crippen molar-refractivity contribution in [3.63, 3.8) is 0 Å². The van der Waals surface area contributed by atoms with E-state index in [2.05, 4.69) is 5.32 Å². The molecule has 1 unspecified atom stereocenters. The molecule has 15 heavy (non-hydrogen) atoms. The summed E-state index contributed by atoms with van der Waals surface area (Å²) in [4.78, 5) is 21.6. The van der Waals surface area contributed by atoms with Gasteiger partial charge < -0.3 is 10.4 Å². The Morgan fingerprint density at radius 3 is 2.47 bits per heavy atom. The molecule has 86 valence electrons. The molecule has 1 rings (SSSR count). The van der Waals surface area contributed by atoms with E-state index in [0.717, 1.165) is 0 Å². The molecule has 4 heteroatoms. The summed E-state index contributed by atoms with van der Waals surface area (Å²) in [6.07, 6.45) is 4.87. The van der Waals surface area contributed by atoms with Crippen molar-refractivity contribution in [1.82, 2.24) is 5.32 Å². The molecule has 2 N–H and O–H groups in total. The number of aliphatic carboxylic acids is 1. The summed E-state index contributed by atoms with van der Waals surface area (Å²) < 4.78 is 0. The van der Waals surface area contributed by atoms with Gasteiger partial charge in [-0.15, -0.1) is 0 Å². The summed E-state index contributed by atoms with van der Waals surface area (Å²) >= 11 is 0. The second-order valence-corrected chi connectivity index (χ2v) is 4.29. The molecule has 1 aliphatic carbocycles. The molecule has 0 heterocycles. The van der Waals surface area contributed by atoms with Gasteiger partial charge in [-0.3, -0.25) is 9.59 Å². The van der Waals surface area contributed by atoms with E-state index in [1.54, 1.807) is 0 Å². The maximum absolute atomic E-state index is 11.3. The van der Waals surface area contributed by atoms with Gasteiger partial charge >= 0.3 is 5.97 Å². The Hall–Kier alpha value is -1.06. The second kappa shape index (κ2) is 5.73. The van der Waals surface area contributed by atoms with Gasteiger partial charge in [-0.25, -0.2) is 0 Å². The van der Waals surface area contributed by atoms with E-state index < -0.39 is 5.97 Å². The first-order valence-corrected chi connectivity index (χ1v) is 5.60. The molecule has 0 aliphatic heterocycles. The lowest BCUT2D eigenvalue weighted by molar-refractivity contribution is -0.139. The van der Waals surface area contributed by atoms with E-state index in [1.165, 1.54) is 25.7 Å². The highest BCUT2D eigenvalue weighted by Gasteiger charge is 2.22. The van der Waals surface area contributed by atoms with Crippen LogP contribution >= 0.6 is 0 Å². The highest BCUT2D eigenvalue weighted by atomic mass is 16.4. The first-order chi connectivity index (χ1) is 7.09. The molecule has 1 amide bonds. The molecule has 0 spiro atoms. The average Bonchev–Trinajstić information content (AvgIpc) is 2.67. The van der Waals surface area contributed by atoms with Crippen molar-refractivity contribution in [3.05, 3.63) is 0 Å². The van der Waals surface area contributed by atoms with Crippen LogP contribution < -0.4 is 5.32 Å². The molecule has 1 atom stereocenters. The fourth-order valence-corrected chi connectivity index (χ4v) is 2.12. The van der Waals surface area contributed by atoms with Gasteiger partial charge in [0.2, 0.25) is 5.91 Å². The standard InChI is InChI=1S/C11H19NO3/c1-8(9-4-2-3-5-9)12-10(13)6-7-11(14)15/h8-9H,2-7H2,1H3,(H,12,13)(H,14,15). The minimum Gasteiger partial charge on any atom is -0.481 e. The van der Waals surface area contributed by atoms with Crippen LogP contribution in [0.25, 0.3) is 0 Å². The van der Waals surface area contributed by atoms with Crippen LogP contribution in [0.4, 0.5) is 0 Å². The zero-order chi connectivity index (χ0) is 11.3. The first-order valence-electron chi connectivity index (χ1n) is 5.60. The lowest BCUT2D eigenvalue weighted by Gasteiger charge is -2.20. The molecule has 1 aliphatic rings. The van der Waals surface area contributed by atoms with Crippen molar-refractivity contribution in [2.75, 3.05) is 0 Å². The summed E-state index contributed by atoms with van der Waals surface area (Å²) in [6, 6.07) is 0.189. The third kappa shape index (κ3) is 4.32. The summed E-state index contributed by atoms with van der Waals surface area (Å²) in [5, 5.41) is 11.3. The number of amides is 1. The summed E-state index contributed by atoms with van der Waals surface area (Å²) in [6.45, 7) is 2.01. The van der Waals surface area contributed by atoms with Gasteiger partial charge in [-0.05, 0) is 25.7 Å². The van der Waals surface area contributed by atoms with Crippen LogP contribution in [0.1, 0.15) is 45.4 Å². The predicted octanol–water partition coefficient (Wildman–Crippen LogP) is 1.55. The van der Waals surface area contributed by atoms with Gasteiger partial charge in [-0.2, -0.15) is 0 Å². The van der Waals surface area contributed by atoms with Crippen LogP contribution in [-0.2, 0) is 9.59 Å². The Morgan fingerprint density at radius 2 is 1.93 bits per heavy atom. The number of hydrogen-bond acceptors (Lipinski definition) is 2. The maximum Gasteiger partial charge on any atom is 0.303 e. The molecule has 0 aromatic rings. The Morgan fingerprint density at radius 1 is 1.33 bits per heavy atom. The summed E-state index contributed by atoms with van der Waals surface area (Å²) in [5.74, 6) is -0.478. The SMILES string of the molecule is CC(NC(=O)CCC(=O)O)C1CCCC1. The molecular formula is C11H19NO3. The van der Waals surface area contributed by atoms with E-state index in [-0.39, 0.29) is 24.8 Å². The molecule has 0 bridgehead atoms. The summed E-state index contributed by atoms with van der Waals surface area (Å²) in [7, 11) is 0. The number of carboxylic acid groups (broad SMARTS) is 1. The van der Waals surface area contributed by atoms with Gasteiger partial charge in [0.15, 0.2) is 0 Å².